The number of amides is 1. The van der Waals surface area contributed by atoms with Crippen LogP contribution in [0.4, 0.5) is 5.69 Å². The van der Waals surface area contributed by atoms with Gasteiger partial charge >= 0.3 is 0 Å². The molecule has 1 aliphatic carbocycles. The van der Waals surface area contributed by atoms with Crippen molar-refractivity contribution in [2.75, 3.05) is 5.32 Å². The molecule has 0 saturated heterocycles. The predicted molar refractivity (Wildman–Crippen MR) is 73.9 cm³/mol. The molecule has 1 aromatic carbocycles. The average Bonchev–Trinajstić information content (AvgIpc) is 3.18. The Kier molecular flexibility index (Phi) is 2.85. The maximum absolute atomic E-state index is 12.2. The summed E-state index contributed by atoms with van der Waals surface area (Å²) in [5, 5.41) is 7.10. The van der Waals surface area contributed by atoms with Gasteiger partial charge in [-0.3, -0.25) is 9.48 Å². The smallest absolute Gasteiger partial charge is 0.228 e. The fourth-order valence-corrected chi connectivity index (χ4v) is 2.40. The van der Waals surface area contributed by atoms with E-state index in [-0.39, 0.29) is 11.8 Å². The van der Waals surface area contributed by atoms with Crippen LogP contribution < -0.4 is 5.32 Å². The highest BCUT2D eigenvalue weighted by atomic mass is 16.2. The summed E-state index contributed by atoms with van der Waals surface area (Å²) in [4.78, 5) is 12.2. The molecule has 2 aromatic rings. The lowest BCUT2D eigenvalue weighted by Gasteiger charge is -2.04. The van der Waals surface area contributed by atoms with Crippen molar-refractivity contribution in [3.05, 3.63) is 47.8 Å². The number of aryl methyl sites for hydroxylation is 1. The summed E-state index contributed by atoms with van der Waals surface area (Å²) in [7, 11) is 1.87. The van der Waals surface area contributed by atoms with Crippen LogP contribution in [0.15, 0.2) is 36.5 Å². The zero-order valence-electron chi connectivity index (χ0n) is 11.1. The summed E-state index contributed by atoms with van der Waals surface area (Å²) in [6.45, 7) is 1.95. The van der Waals surface area contributed by atoms with Crippen LogP contribution >= 0.6 is 0 Å². The first-order chi connectivity index (χ1) is 9.16. The van der Waals surface area contributed by atoms with Gasteiger partial charge in [0.2, 0.25) is 5.91 Å². The second-order valence-corrected chi connectivity index (χ2v) is 5.12. The molecule has 1 aromatic heterocycles. The van der Waals surface area contributed by atoms with E-state index in [0.29, 0.717) is 5.92 Å². The van der Waals surface area contributed by atoms with Crippen molar-refractivity contribution in [3.63, 3.8) is 0 Å². The molecule has 0 radical (unpaired) electrons. The van der Waals surface area contributed by atoms with Crippen molar-refractivity contribution in [1.29, 1.82) is 0 Å². The quantitative estimate of drug-likeness (QED) is 0.915. The lowest BCUT2D eigenvalue weighted by atomic mass is 10.1. The van der Waals surface area contributed by atoms with Crippen LogP contribution in [0.2, 0.25) is 0 Å². The van der Waals surface area contributed by atoms with Crippen LogP contribution in [0.3, 0.4) is 0 Å². The number of aromatic nitrogens is 2. The number of carbonyl (C=O) groups excluding carboxylic acids is 1. The van der Waals surface area contributed by atoms with Crippen LogP contribution in [0.1, 0.15) is 23.6 Å². The van der Waals surface area contributed by atoms with Gasteiger partial charge in [0.1, 0.15) is 0 Å². The molecular formula is C15H17N3O. The lowest BCUT2D eigenvalue weighted by Crippen LogP contribution is -2.15. The Balaban J connectivity index is 1.66. The monoisotopic (exact) mass is 255 g/mol. The van der Waals surface area contributed by atoms with Crippen LogP contribution in [0, 0.1) is 12.8 Å². The summed E-state index contributed by atoms with van der Waals surface area (Å²) in [5.41, 5.74) is 3.04. The Hall–Kier alpha value is -2.10. The molecule has 2 atom stereocenters. The minimum atomic E-state index is 0.0991. The number of anilines is 1. The number of rotatable bonds is 3. The number of hydrogen-bond donors (Lipinski definition) is 1. The highest BCUT2D eigenvalue weighted by molar-refractivity contribution is 5.95. The first-order valence-electron chi connectivity index (χ1n) is 6.51. The van der Waals surface area contributed by atoms with Crippen LogP contribution in [0.5, 0.6) is 0 Å². The molecule has 1 aliphatic rings. The van der Waals surface area contributed by atoms with Gasteiger partial charge in [-0.05, 0) is 24.8 Å². The Labute approximate surface area is 112 Å². The van der Waals surface area contributed by atoms with Gasteiger partial charge in [0.15, 0.2) is 0 Å². The third-order valence-corrected chi connectivity index (χ3v) is 3.85. The standard InChI is InChI=1S/C15H17N3O/c1-10-14(9-16-18(10)2)17-15(19)13-8-12(13)11-6-4-3-5-7-11/h3-7,9,12-13H,8H2,1-2H3,(H,17,19)/t12-,13+/m1/s1. The summed E-state index contributed by atoms with van der Waals surface area (Å²) in [6.07, 6.45) is 2.64. The Morgan fingerprint density at radius 1 is 1.37 bits per heavy atom. The second kappa shape index (κ2) is 4.53. The normalized spacial score (nSPS) is 21.2. The number of carbonyl (C=O) groups is 1. The lowest BCUT2D eigenvalue weighted by molar-refractivity contribution is -0.117. The molecule has 3 rings (SSSR count). The molecule has 98 valence electrons. The molecule has 1 fully saturated rings. The van der Waals surface area contributed by atoms with Gasteiger partial charge in [0, 0.05) is 13.0 Å². The SMILES string of the molecule is Cc1c(NC(=O)[C@H]2C[C@@H]2c2ccccc2)cnn1C. The molecule has 0 aliphatic heterocycles. The van der Waals surface area contributed by atoms with E-state index in [1.807, 2.05) is 32.2 Å². The van der Waals surface area contributed by atoms with Gasteiger partial charge in [-0.15, -0.1) is 0 Å². The number of nitrogens with one attached hydrogen (secondary N) is 1. The first-order valence-corrected chi connectivity index (χ1v) is 6.51. The Morgan fingerprint density at radius 3 is 2.74 bits per heavy atom. The van der Waals surface area contributed by atoms with Crippen LogP contribution in [-0.2, 0) is 11.8 Å². The molecular weight excluding hydrogens is 238 g/mol. The van der Waals surface area contributed by atoms with Gasteiger partial charge in [0.25, 0.3) is 0 Å². The Bertz CT molecular complexity index is 603. The van der Waals surface area contributed by atoms with Crippen molar-refractivity contribution in [2.45, 2.75) is 19.3 Å². The molecule has 1 N–H and O–H groups in total. The van der Waals surface area contributed by atoms with E-state index in [9.17, 15) is 4.79 Å². The van der Waals surface area contributed by atoms with Gasteiger partial charge < -0.3 is 5.32 Å². The van der Waals surface area contributed by atoms with Crippen molar-refractivity contribution in [3.8, 4) is 0 Å². The Morgan fingerprint density at radius 2 is 2.11 bits per heavy atom. The van der Waals surface area contributed by atoms with Gasteiger partial charge in [-0.25, -0.2) is 0 Å². The van der Waals surface area contributed by atoms with Crippen LogP contribution in [0.25, 0.3) is 0 Å². The van der Waals surface area contributed by atoms with Crippen molar-refractivity contribution in [1.82, 2.24) is 9.78 Å². The van der Waals surface area contributed by atoms with Gasteiger partial charge in [0.05, 0.1) is 17.6 Å². The molecule has 0 unspecified atom stereocenters. The zero-order valence-corrected chi connectivity index (χ0v) is 11.1. The zero-order chi connectivity index (χ0) is 13.4. The van der Waals surface area contributed by atoms with E-state index in [1.165, 1.54) is 5.56 Å². The van der Waals surface area contributed by atoms with Gasteiger partial charge in [-0.1, -0.05) is 30.3 Å². The molecule has 4 heteroatoms. The fourth-order valence-electron chi connectivity index (χ4n) is 2.40. The van der Waals surface area contributed by atoms with E-state index in [1.54, 1.807) is 10.9 Å². The third-order valence-electron chi connectivity index (χ3n) is 3.85. The molecule has 19 heavy (non-hydrogen) atoms. The molecule has 1 heterocycles. The van der Waals surface area contributed by atoms with E-state index in [0.717, 1.165) is 17.8 Å². The molecule has 1 saturated carbocycles. The van der Waals surface area contributed by atoms with Crippen molar-refractivity contribution in [2.24, 2.45) is 13.0 Å². The van der Waals surface area contributed by atoms with E-state index >= 15 is 0 Å². The van der Waals surface area contributed by atoms with Crippen molar-refractivity contribution >= 4 is 11.6 Å². The summed E-state index contributed by atoms with van der Waals surface area (Å²) < 4.78 is 1.76. The molecule has 0 spiro atoms. The third kappa shape index (κ3) is 2.26. The highest BCUT2D eigenvalue weighted by Gasteiger charge is 2.43. The van der Waals surface area contributed by atoms with E-state index in [2.05, 4.69) is 22.5 Å². The number of hydrogen-bond acceptors (Lipinski definition) is 2. The van der Waals surface area contributed by atoms with E-state index < -0.39 is 0 Å². The topological polar surface area (TPSA) is 46.9 Å². The number of benzene rings is 1. The summed E-state index contributed by atoms with van der Waals surface area (Å²) in [6, 6.07) is 10.2. The summed E-state index contributed by atoms with van der Waals surface area (Å²) >= 11 is 0. The van der Waals surface area contributed by atoms with Gasteiger partial charge in [-0.2, -0.15) is 5.10 Å². The summed E-state index contributed by atoms with van der Waals surface area (Å²) in [5.74, 6) is 0.574. The highest BCUT2D eigenvalue weighted by Crippen LogP contribution is 2.47. The maximum atomic E-state index is 12.2. The minimum absolute atomic E-state index is 0.0991. The largest absolute Gasteiger partial charge is 0.323 e. The van der Waals surface area contributed by atoms with Crippen LogP contribution in [-0.4, -0.2) is 15.7 Å². The number of nitrogens with zero attached hydrogens (tertiary/aromatic N) is 2. The molecule has 1 amide bonds. The fraction of sp³-hybridized carbons (Fsp3) is 0.333. The molecule has 4 nitrogen and oxygen atoms in total. The minimum Gasteiger partial charge on any atom is -0.323 e. The van der Waals surface area contributed by atoms with Crippen molar-refractivity contribution < 1.29 is 4.79 Å². The second-order valence-electron chi connectivity index (χ2n) is 5.12. The maximum Gasteiger partial charge on any atom is 0.228 e. The average molecular weight is 255 g/mol. The van der Waals surface area contributed by atoms with E-state index in [4.69, 9.17) is 0 Å². The first kappa shape index (κ1) is 12.0. The molecule has 0 bridgehead atoms. The predicted octanol–water partition coefficient (Wildman–Crippen LogP) is 2.47.